The molecule has 0 bridgehead atoms. The zero-order chi connectivity index (χ0) is 18.5. The summed E-state index contributed by atoms with van der Waals surface area (Å²) in [7, 11) is 0. The fraction of sp³-hybridized carbons (Fsp3) is 0.526. The van der Waals surface area contributed by atoms with Crippen molar-refractivity contribution in [1.82, 2.24) is 25.1 Å². The number of imidazole rings is 1. The Kier molecular flexibility index (Phi) is 5.75. The molecule has 1 saturated heterocycles. The van der Waals surface area contributed by atoms with Crippen LogP contribution in [0, 0.1) is 0 Å². The Morgan fingerprint density at radius 3 is 2.69 bits per heavy atom. The van der Waals surface area contributed by atoms with E-state index in [1.54, 1.807) is 4.90 Å². The molecule has 26 heavy (non-hydrogen) atoms. The van der Waals surface area contributed by atoms with Gasteiger partial charge in [-0.05, 0) is 31.0 Å². The third kappa shape index (κ3) is 3.98. The number of aromatic nitrogens is 2. The molecule has 0 spiro atoms. The summed E-state index contributed by atoms with van der Waals surface area (Å²) in [5.74, 6) is 0.934. The lowest BCUT2D eigenvalue weighted by molar-refractivity contribution is 0.0762. The molecule has 7 nitrogen and oxygen atoms in total. The van der Waals surface area contributed by atoms with E-state index in [-0.39, 0.29) is 11.9 Å². The Balaban J connectivity index is 1.67. The van der Waals surface area contributed by atoms with E-state index in [0.29, 0.717) is 38.3 Å². The molecule has 3 amide bonds. The van der Waals surface area contributed by atoms with Gasteiger partial charge in [-0.2, -0.15) is 0 Å². The standard InChI is InChI=1S/C19H27N5O2/c1-3-8-20-19(26)24-10-5-9-23(11-12-24)18(25)14-6-7-15-16(13-14)22-17(4-2)21-15/h6-7,13H,3-5,8-12H2,1-2H3,(H,20,26)(H,21,22). The highest BCUT2D eigenvalue weighted by Crippen LogP contribution is 2.16. The SMILES string of the molecule is CCCNC(=O)N1CCCN(C(=O)c2ccc3nc(CC)[nH]c3c2)CC1. The number of nitrogens with zero attached hydrogens (tertiary/aromatic N) is 3. The van der Waals surface area contributed by atoms with Crippen LogP contribution in [0.4, 0.5) is 4.79 Å². The van der Waals surface area contributed by atoms with Crippen molar-refractivity contribution in [3.63, 3.8) is 0 Å². The first-order chi connectivity index (χ1) is 12.6. The molecule has 3 rings (SSSR count). The van der Waals surface area contributed by atoms with Crippen LogP contribution in [-0.4, -0.2) is 64.4 Å². The topological polar surface area (TPSA) is 81.3 Å². The number of carbonyl (C=O) groups is 2. The normalized spacial score (nSPS) is 15.2. The number of nitrogens with one attached hydrogen (secondary N) is 2. The van der Waals surface area contributed by atoms with Gasteiger partial charge in [-0.25, -0.2) is 9.78 Å². The third-order valence-electron chi connectivity index (χ3n) is 4.71. The molecule has 1 aromatic heterocycles. The molecular weight excluding hydrogens is 330 g/mol. The van der Waals surface area contributed by atoms with Gasteiger partial charge in [-0.15, -0.1) is 0 Å². The minimum Gasteiger partial charge on any atom is -0.342 e. The Hall–Kier alpha value is -2.57. The number of hydrogen-bond acceptors (Lipinski definition) is 3. The molecule has 0 atom stereocenters. The van der Waals surface area contributed by atoms with Gasteiger partial charge in [-0.1, -0.05) is 13.8 Å². The van der Waals surface area contributed by atoms with Gasteiger partial charge in [0.1, 0.15) is 5.82 Å². The summed E-state index contributed by atoms with van der Waals surface area (Å²) in [5, 5.41) is 2.91. The van der Waals surface area contributed by atoms with E-state index >= 15 is 0 Å². The van der Waals surface area contributed by atoms with Crippen molar-refractivity contribution in [2.75, 3.05) is 32.7 Å². The number of fused-ring (bicyclic) bond motifs is 1. The molecule has 0 unspecified atom stereocenters. The summed E-state index contributed by atoms with van der Waals surface area (Å²) in [6, 6.07) is 5.56. The van der Waals surface area contributed by atoms with Gasteiger partial charge in [0.15, 0.2) is 0 Å². The second kappa shape index (κ2) is 8.21. The van der Waals surface area contributed by atoms with Gasteiger partial charge in [0, 0.05) is 44.7 Å². The maximum atomic E-state index is 12.9. The molecule has 2 aromatic rings. The highest BCUT2D eigenvalue weighted by molar-refractivity contribution is 5.97. The Morgan fingerprint density at radius 1 is 1.15 bits per heavy atom. The van der Waals surface area contributed by atoms with Crippen LogP contribution in [0.5, 0.6) is 0 Å². The Bertz CT molecular complexity index is 785. The van der Waals surface area contributed by atoms with Crippen LogP contribution in [0.25, 0.3) is 11.0 Å². The zero-order valence-electron chi connectivity index (χ0n) is 15.5. The highest BCUT2D eigenvalue weighted by Gasteiger charge is 2.23. The smallest absolute Gasteiger partial charge is 0.317 e. The first-order valence-electron chi connectivity index (χ1n) is 9.43. The molecule has 0 saturated carbocycles. The van der Waals surface area contributed by atoms with Crippen LogP contribution in [0.2, 0.25) is 0 Å². The largest absolute Gasteiger partial charge is 0.342 e. The Morgan fingerprint density at radius 2 is 1.92 bits per heavy atom. The number of rotatable bonds is 4. The predicted molar refractivity (Wildman–Crippen MR) is 101 cm³/mol. The molecular formula is C19H27N5O2. The molecule has 0 aliphatic carbocycles. The van der Waals surface area contributed by atoms with Crippen LogP contribution in [0.15, 0.2) is 18.2 Å². The van der Waals surface area contributed by atoms with Crippen LogP contribution < -0.4 is 5.32 Å². The van der Waals surface area contributed by atoms with E-state index in [9.17, 15) is 9.59 Å². The van der Waals surface area contributed by atoms with Crippen molar-refractivity contribution in [3.8, 4) is 0 Å². The first kappa shape index (κ1) is 18.2. The number of aryl methyl sites for hydroxylation is 1. The fourth-order valence-corrected chi connectivity index (χ4v) is 3.21. The zero-order valence-corrected chi connectivity index (χ0v) is 15.5. The van der Waals surface area contributed by atoms with Gasteiger partial charge in [-0.3, -0.25) is 4.79 Å². The summed E-state index contributed by atoms with van der Waals surface area (Å²) in [6.07, 6.45) is 2.54. The van der Waals surface area contributed by atoms with Crippen molar-refractivity contribution in [2.24, 2.45) is 0 Å². The van der Waals surface area contributed by atoms with Crippen LogP contribution in [-0.2, 0) is 6.42 Å². The molecule has 7 heteroatoms. The van der Waals surface area contributed by atoms with Gasteiger partial charge in [0.25, 0.3) is 5.91 Å². The maximum absolute atomic E-state index is 12.9. The molecule has 1 fully saturated rings. The van der Waals surface area contributed by atoms with Crippen molar-refractivity contribution >= 4 is 23.0 Å². The predicted octanol–water partition coefficient (Wildman–Crippen LogP) is 2.39. The molecule has 1 aromatic carbocycles. The second-order valence-corrected chi connectivity index (χ2v) is 6.63. The lowest BCUT2D eigenvalue weighted by atomic mass is 10.1. The van der Waals surface area contributed by atoms with Crippen LogP contribution in [0.1, 0.15) is 42.9 Å². The third-order valence-corrected chi connectivity index (χ3v) is 4.71. The average Bonchev–Trinajstić information content (AvgIpc) is 2.92. The molecule has 2 N–H and O–H groups in total. The summed E-state index contributed by atoms with van der Waals surface area (Å²) in [5.41, 5.74) is 2.43. The van der Waals surface area contributed by atoms with E-state index in [2.05, 4.69) is 15.3 Å². The van der Waals surface area contributed by atoms with Gasteiger partial charge >= 0.3 is 6.03 Å². The molecule has 0 radical (unpaired) electrons. The van der Waals surface area contributed by atoms with Crippen molar-refractivity contribution in [2.45, 2.75) is 33.1 Å². The Labute approximate surface area is 153 Å². The molecule has 1 aliphatic rings. The van der Waals surface area contributed by atoms with E-state index in [1.165, 1.54) is 0 Å². The van der Waals surface area contributed by atoms with E-state index in [0.717, 1.165) is 36.1 Å². The minimum atomic E-state index is -0.0351. The number of hydrogen-bond donors (Lipinski definition) is 2. The van der Waals surface area contributed by atoms with E-state index in [1.807, 2.05) is 36.9 Å². The average molecular weight is 357 g/mol. The number of H-pyrrole nitrogens is 1. The number of aromatic amines is 1. The fourth-order valence-electron chi connectivity index (χ4n) is 3.21. The van der Waals surface area contributed by atoms with Crippen molar-refractivity contribution in [3.05, 3.63) is 29.6 Å². The van der Waals surface area contributed by atoms with Gasteiger partial charge in [0.05, 0.1) is 11.0 Å². The van der Waals surface area contributed by atoms with Gasteiger partial charge < -0.3 is 20.1 Å². The quantitative estimate of drug-likeness (QED) is 0.881. The summed E-state index contributed by atoms with van der Waals surface area (Å²) in [6.45, 7) is 7.22. The number of carbonyl (C=O) groups excluding carboxylic acids is 2. The van der Waals surface area contributed by atoms with E-state index in [4.69, 9.17) is 0 Å². The summed E-state index contributed by atoms with van der Waals surface area (Å²) in [4.78, 5) is 36.4. The molecule has 140 valence electrons. The van der Waals surface area contributed by atoms with E-state index < -0.39 is 0 Å². The second-order valence-electron chi connectivity index (χ2n) is 6.63. The number of amides is 3. The monoisotopic (exact) mass is 357 g/mol. The van der Waals surface area contributed by atoms with Crippen molar-refractivity contribution < 1.29 is 9.59 Å². The van der Waals surface area contributed by atoms with Crippen LogP contribution >= 0.6 is 0 Å². The summed E-state index contributed by atoms with van der Waals surface area (Å²) < 4.78 is 0. The molecule has 2 heterocycles. The van der Waals surface area contributed by atoms with Crippen LogP contribution in [0.3, 0.4) is 0 Å². The molecule has 1 aliphatic heterocycles. The lowest BCUT2D eigenvalue weighted by Crippen LogP contribution is -2.42. The number of benzene rings is 1. The maximum Gasteiger partial charge on any atom is 0.317 e. The lowest BCUT2D eigenvalue weighted by Gasteiger charge is -2.22. The van der Waals surface area contributed by atoms with Crippen molar-refractivity contribution in [1.29, 1.82) is 0 Å². The first-order valence-corrected chi connectivity index (χ1v) is 9.43. The summed E-state index contributed by atoms with van der Waals surface area (Å²) >= 11 is 0. The minimum absolute atomic E-state index is 0.00960. The van der Waals surface area contributed by atoms with Gasteiger partial charge in [0.2, 0.25) is 0 Å². The highest BCUT2D eigenvalue weighted by atomic mass is 16.2. The number of urea groups is 1.